The van der Waals surface area contributed by atoms with Crippen molar-refractivity contribution in [3.05, 3.63) is 23.8 Å². The zero-order chi connectivity index (χ0) is 14.2. The van der Waals surface area contributed by atoms with Crippen LogP contribution in [-0.2, 0) is 14.4 Å². The summed E-state index contributed by atoms with van der Waals surface area (Å²) in [6.07, 6.45) is 0. The number of benzene rings is 1. The van der Waals surface area contributed by atoms with Crippen LogP contribution in [0.3, 0.4) is 0 Å². The highest BCUT2D eigenvalue weighted by Gasteiger charge is 2.26. The zero-order valence-electron chi connectivity index (χ0n) is 10.5. The fraction of sp³-hybridized carbons (Fsp3) is 0.308. The third-order valence-electron chi connectivity index (χ3n) is 3.04. The molecule has 1 aliphatic rings. The van der Waals surface area contributed by atoms with E-state index in [1.165, 1.54) is 11.8 Å². The molecule has 0 bridgehead atoms. The van der Waals surface area contributed by atoms with E-state index in [-0.39, 0.29) is 11.2 Å². The molecule has 1 aromatic rings. The first-order chi connectivity index (χ1) is 8.90. The highest BCUT2D eigenvalue weighted by atomic mass is 32.2. The van der Waals surface area contributed by atoms with Crippen LogP contribution in [-0.4, -0.2) is 28.0 Å². The smallest absolute Gasteiger partial charge is 0.372 e. The predicted molar refractivity (Wildman–Crippen MR) is 71.4 cm³/mol. The maximum atomic E-state index is 11.6. The Balaban J connectivity index is 2.31. The number of anilines is 1. The predicted octanol–water partition coefficient (Wildman–Crippen LogP) is 1.88. The van der Waals surface area contributed by atoms with Gasteiger partial charge >= 0.3 is 5.97 Å². The van der Waals surface area contributed by atoms with Crippen molar-refractivity contribution in [1.82, 2.24) is 0 Å². The van der Waals surface area contributed by atoms with Crippen molar-refractivity contribution in [1.29, 1.82) is 0 Å². The van der Waals surface area contributed by atoms with Gasteiger partial charge in [0.1, 0.15) is 0 Å². The number of Topliss-reactive ketones (excluding diaryl/α,β-unsaturated/α-hetero) is 1. The standard InChI is InChI=1S/C13H13NO4S/c1-6(11(15)13(17)18)8-3-4-10-9(5-8)14-12(16)7(2)19-10/h3-7H,1-2H3,(H,14,16)(H,17,18). The Hall–Kier alpha value is -1.82. The third-order valence-corrected chi connectivity index (χ3v) is 4.22. The Morgan fingerprint density at radius 3 is 2.74 bits per heavy atom. The molecule has 1 aliphatic heterocycles. The number of carboxylic acid groups (broad SMARTS) is 1. The van der Waals surface area contributed by atoms with Crippen molar-refractivity contribution >= 4 is 35.1 Å². The summed E-state index contributed by atoms with van der Waals surface area (Å²) in [5, 5.41) is 11.3. The first-order valence-corrected chi connectivity index (χ1v) is 6.66. The maximum Gasteiger partial charge on any atom is 0.372 e. The van der Waals surface area contributed by atoms with Gasteiger partial charge in [0.2, 0.25) is 11.7 Å². The third kappa shape index (κ3) is 2.63. The molecule has 0 saturated carbocycles. The molecule has 1 amide bonds. The van der Waals surface area contributed by atoms with Crippen molar-refractivity contribution in [2.45, 2.75) is 29.9 Å². The first kappa shape index (κ1) is 13.6. The lowest BCUT2D eigenvalue weighted by Gasteiger charge is -2.22. The van der Waals surface area contributed by atoms with Gasteiger partial charge in [-0.25, -0.2) is 4.79 Å². The summed E-state index contributed by atoms with van der Waals surface area (Å²) in [7, 11) is 0. The van der Waals surface area contributed by atoms with Crippen molar-refractivity contribution in [3.63, 3.8) is 0 Å². The van der Waals surface area contributed by atoms with Gasteiger partial charge in [0.15, 0.2) is 0 Å². The normalized spacial score (nSPS) is 19.3. The maximum absolute atomic E-state index is 11.6. The number of carbonyl (C=O) groups is 3. The number of carbonyl (C=O) groups excluding carboxylic acids is 2. The zero-order valence-corrected chi connectivity index (χ0v) is 11.3. The molecule has 0 fully saturated rings. The van der Waals surface area contributed by atoms with E-state index in [1.807, 2.05) is 6.92 Å². The number of ketones is 1. The lowest BCUT2D eigenvalue weighted by Crippen LogP contribution is -2.26. The first-order valence-electron chi connectivity index (χ1n) is 5.78. The van der Waals surface area contributed by atoms with Crippen LogP contribution in [0.15, 0.2) is 23.1 Å². The van der Waals surface area contributed by atoms with Crippen LogP contribution in [0.1, 0.15) is 25.3 Å². The van der Waals surface area contributed by atoms with E-state index in [1.54, 1.807) is 25.1 Å². The average molecular weight is 279 g/mol. The molecule has 2 atom stereocenters. The Labute approximate surface area is 114 Å². The number of fused-ring (bicyclic) bond motifs is 1. The molecule has 0 aromatic heterocycles. The van der Waals surface area contributed by atoms with Crippen molar-refractivity contribution in [2.24, 2.45) is 0 Å². The van der Waals surface area contributed by atoms with Crippen LogP contribution in [0.5, 0.6) is 0 Å². The lowest BCUT2D eigenvalue weighted by atomic mass is 9.96. The van der Waals surface area contributed by atoms with E-state index < -0.39 is 17.7 Å². The van der Waals surface area contributed by atoms with E-state index in [9.17, 15) is 14.4 Å². The summed E-state index contributed by atoms with van der Waals surface area (Å²) in [6.45, 7) is 3.35. The van der Waals surface area contributed by atoms with E-state index in [0.29, 0.717) is 11.3 Å². The second-order valence-corrected chi connectivity index (χ2v) is 5.78. The molecule has 1 aromatic carbocycles. The number of aliphatic carboxylic acids is 1. The Bertz CT molecular complexity index is 570. The second kappa shape index (κ2) is 5.05. The van der Waals surface area contributed by atoms with Crippen LogP contribution in [0.25, 0.3) is 0 Å². The molecule has 2 N–H and O–H groups in total. The molecule has 2 unspecified atom stereocenters. The molecule has 1 heterocycles. The van der Waals surface area contributed by atoms with Crippen LogP contribution in [0, 0.1) is 0 Å². The SMILES string of the molecule is CC1Sc2ccc(C(C)C(=O)C(=O)O)cc2NC1=O. The lowest BCUT2D eigenvalue weighted by molar-refractivity contribution is -0.149. The van der Waals surface area contributed by atoms with E-state index in [2.05, 4.69) is 5.32 Å². The fourth-order valence-electron chi connectivity index (χ4n) is 1.83. The number of hydrogen-bond acceptors (Lipinski definition) is 4. The van der Waals surface area contributed by atoms with Gasteiger partial charge in [0.25, 0.3) is 0 Å². The van der Waals surface area contributed by atoms with E-state index >= 15 is 0 Å². The number of hydrogen-bond donors (Lipinski definition) is 2. The molecular formula is C13H13NO4S. The van der Waals surface area contributed by atoms with Crippen LogP contribution < -0.4 is 5.32 Å². The van der Waals surface area contributed by atoms with Gasteiger partial charge in [-0.05, 0) is 24.6 Å². The number of amides is 1. The van der Waals surface area contributed by atoms with Gasteiger partial charge in [-0.3, -0.25) is 9.59 Å². The Morgan fingerprint density at radius 2 is 2.11 bits per heavy atom. The van der Waals surface area contributed by atoms with Gasteiger partial charge in [-0.1, -0.05) is 13.0 Å². The topological polar surface area (TPSA) is 83.5 Å². The van der Waals surface area contributed by atoms with Gasteiger partial charge in [0.05, 0.1) is 16.9 Å². The Kier molecular flexibility index (Phi) is 3.61. The monoisotopic (exact) mass is 279 g/mol. The summed E-state index contributed by atoms with van der Waals surface area (Å²) < 4.78 is 0. The van der Waals surface area contributed by atoms with Gasteiger partial charge in [0, 0.05) is 4.90 Å². The van der Waals surface area contributed by atoms with Crippen molar-refractivity contribution in [2.75, 3.05) is 5.32 Å². The molecule has 100 valence electrons. The minimum atomic E-state index is -1.45. The summed E-state index contributed by atoms with van der Waals surface area (Å²) in [5.41, 5.74) is 1.22. The molecule has 0 radical (unpaired) electrons. The number of carboxylic acids is 1. The quantitative estimate of drug-likeness (QED) is 0.825. The summed E-state index contributed by atoms with van der Waals surface area (Å²) in [4.78, 5) is 34.6. The minimum absolute atomic E-state index is 0.0909. The summed E-state index contributed by atoms with van der Waals surface area (Å²) >= 11 is 1.44. The molecule has 19 heavy (non-hydrogen) atoms. The molecule has 5 nitrogen and oxygen atoms in total. The van der Waals surface area contributed by atoms with Crippen LogP contribution in [0.4, 0.5) is 5.69 Å². The fourth-order valence-corrected chi connectivity index (χ4v) is 2.76. The molecule has 2 rings (SSSR count). The molecule has 0 aliphatic carbocycles. The van der Waals surface area contributed by atoms with E-state index in [0.717, 1.165) is 4.90 Å². The summed E-state index contributed by atoms with van der Waals surface area (Å²) in [5.74, 6) is -3.13. The minimum Gasteiger partial charge on any atom is -0.475 e. The number of thioether (sulfide) groups is 1. The summed E-state index contributed by atoms with van der Waals surface area (Å²) in [6, 6.07) is 5.19. The largest absolute Gasteiger partial charge is 0.475 e. The Morgan fingerprint density at radius 1 is 1.42 bits per heavy atom. The van der Waals surface area contributed by atoms with Gasteiger partial charge < -0.3 is 10.4 Å². The highest BCUT2D eigenvalue weighted by molar-refractivity contribution is 8.00. The van der Waals surface area contributed by atoms with Crippen LogP contribution in [0.2, 0.25) is 0 Å². The van der Waals surface area contributed by atoms with E-state index in [4.69, 9.17) is 5.11 Å². The molecular weight excluding hydrogens is 266 g/mol. The molecule has 0 spiro atoms. The second-order valence-electron chi connectivity index (χ2n) is 4.40. The van der Waals surface area contributed by atoms with Gasteiger partial charge in [-0.2, -0.15) is 0 Å². The van der Waals surface area contributed by atoms with Crippen molar-refractivity contribution < 1.29 is 19.5 Å². The van der Waals surface area contributed by atoms with Crippen LogP contribution >= 0.6 is 11.8 Å². The average Bonchev–Trinajstić information content (AvgIpc) is 2.37. The van der Waals surface area contributed by atoms with Gasteiger partial charge in [-0.15, -0.1) is 11.8 Å². The molecule has 6 heteroatoms. The number of nitrogens with one attached hydrogen (secondary N) is 1. The number of rotatable bonds is 3. The van der Waals surface area contributed by atoms with Crippen molar-refractivity contribution in [3.8, 4) is 0 Å². The molecule has 0 saturated heterocycles. The highest BCUT2D eigenvalue weighted by Crippen LogP contribution is 2.37.